The molecule has 1 rings (SSSR count). The Kier molecular flexibility index (Phi) is 5.43. The average Bonchev–Trinajstić information content (AvgIpc) is 2.21. The Balaban J connectivity index is 2.49. The third-order valence-electron chi connectivity index (χ3n) is 2.39. The largest absolute Gasteiger partial charge is 0.327 e. The second kappa shape index (κ2) is 6.61. The van der Waals surface area contributed by atoms with Crippen LogP contribution in [0, 0.1) is 0 Å². The highest BCUT2D eigenvalue weighted by Gasteiger charge is 2.11. The maximum absolute atomic E-state index is 11.7. The molecule has 1 atom stereocenters. The quantitative estimate of drug-likeness (QED) is 0.831. The minimum atomic E-state index is -0.0295. The van der Waals surface area contributed by atoms with E-state index in [0.29, 0.717) is 17.9 Å². The monoisotopic (exact) mass is 240 g/mol. The summed E-state index contributed by atoms with van der Waals surface area (Å²) in [7, 11) is 0. The molecule has 1 aromatic rings. The van der Waals surface area contributed by atoms with Gasteiger partial charge in [0.15, 0.2) is 0 Å². The molecule has 1 aromatic heterocycles. The highest BCUT2D eigenvalue weighted by molar-refractivity contribution is 6.31. The maximum atomic E-state index is 11.7. The first kappa shape index (κ1) is 13.1. The molecule has 16 heavy (non-hydrogen) atoms. The summed E-state index contributed by atoms with van der Waals surface area (Å²) in [4.78, 5) is 15.6. The number of carbonyl (C=O) groups is 1. The molecule has 3 nitrogen and oxygen atoms in total. The van der Waals surface area contributed by atoms with Crippen LogP contribution in [0.3, 0.4) is 0 Å². The van der Waals surface area contributed by atoms with E-state index in [1.54, 1.807) is 18.5 Å². The van der Waals surface area contributed by atoms with Crippen LogP contribution in [-0.4, -0.2) is 16.8 Å². The van der Waals surface area contributed by atoms with Gasteiger partial charge in [-0.15, -0.1) is 0 Å². The lowest BCUT2D eigenvalue weighted by Crippen LogP contribution is -2.24. The van der Waals surface area contributed by atoms with Gasteiger partial charge in [-0.25, -0.2) is 0 Å². The molecule has 0 fully saturated rings. The van der Waals surface area contributed by atoms with Crippen LogP contribution in [0.2, 0.25) is 5.02 Å². The van der Waals surface area contributed by atoms with Crippen LogP contribution in [0.4, 0.5) is 0 Å². The van der Waals surface area contributed by atoms with Crippen LogP contribution in [0.25, 0.3) is 0 Å². The number of carbonyl (C=O) groups excluding carboxylic acids is 1. The normalized spacial score (nSPS) is 12.4. The topological polar surface area (TPSA) is 56.0 Å². The zero-order chi connectivity index (χ0) is 12.0. The van der Waals surface area contributed by atoms with Gasteiger partial charge in [-0.1, -0.05) is 24.9 Å². The number of halogens is 1. The molecule has 0 amide bonds. The van der Waals surface area contributed by atoms with Crippen LogP contribution >= 0.6 is 11.6 Å². The first-order valence-electron chi connectivity index (χ1n) is 5.49. The Labute approximate surface area is 101 Å². The van der Waals surface area contributed by atoms with Gasteiger partial charge in [0.2, 0.25) is 0 Å². The fraction of sp³-hybridized carbons (Fsp3) is 0.500. The zero-order valence-electron chi connectivity index (χ0n) is 9.45. The molecule has 0 aliphatic carbocycles. The third-order valence-corrected chi connectivity index (χ3v) is 2.73. The minimum absolute atomic E-state index is 0.0295. The average molecular weight is 241 g/mol. The van der Waals surface area contributed by atoms with E-state index in [2.05, 4.69) is 11.9 Å². The third kappa shape index (κ3) is 4.29. The number of hydrogen-bond donors (Lipinski definition) is 1. The van der Waals surface area contributed by atoms with Gasteiger partial charge in [0.1, 0.15) is 5.78 Å². The van der Waals surface area contributed by atoms with E-state index in [9.17, 15) is 4.79 Å². The lowest BCUT2D eigenvalue weighted by molar-refractivity contribution is -0.118. The van der Waals surface area contributed by atoms with Gasteiger partial charge in [0, 0.05) is 31.3 Å². The van der Waals surface area contributed by atoms with Crippen molar-refractivity contribution in [2.24, 2.45) is 5.73 Å². The van der Waals surface area contributed by atoms with Crippen LogP contribution in [0.15, 0.2) is 18.5 Å². The Morgan fingerprint density at radius 2 is 2.38 bits per heavy atom. The Bertz CT molecular complexity index is 355. The predicted molar refractivity (Wildman–Crippen MR) is 65.5 cm³/mol. The van der Waals surface area contributed by atoms with E-state index in [0.717, 1.165) is 18.4 Å². The molecule has 2 N–H and O–H groups in total. The number of nitrogens with two attached hydrogens (primary N) is 1. The Hall–Kier alpha value is -0.930. The molecular formula is C12H17ClN2O. The standard InChI is InChI=1S/C12H17ClN2O/c1-2-3-10(14)7-11(16)6-9-4-5-15-8-12(9)13/h4-5,8,10H,2-3,6-7,14H2,1H3. The second-order valence-electron chi connectivity index (χ2n) is 3.94. The van der Waals surface area contributed by atoms with Crippen LogP contribution in [0.1, 0.15) is 31.7 Å². The van der Waals surface area contributed by atoms with Gasteiger partial charge in [-0.3, -0.25) is 9.78 Å². The van der Waals surface area contributed by atoms with Crippen LogP contribution in [-0.2, 0) is 11.2 Å². The summed E-state index contributed by atoms with van der Waals surface area (Å²) < 4.78 is 0. The van der Waals surface area contributed by atoms with Gasteiger partial charge < -0.3 is 5.73 Å². The summed E-state index contributed by atoms with van der Waals surface area (Å²) in [5.41, 5.74) is 6.64. The van der Waals surface area contributed by atoms with Crippen LogP contribution < -0.4 is 5.73 Å². The molecule has 0 radical (unpaired) electrons. The lowest BCUT2D eigenvalue weighted by Gasteiger charge is -2.09. The molecule has 0 aliphatic heterocycles. The van der Waals surface area contributed by atoms with Crippen molar-refractivity contribution in [3.8, 4) is 0 Å². The van der Waals surface area contributed by atoms with Gasteiger partial charge in [0.25, 0.3) is 0 Å². The maximum Gasteiger partial charge on any atom is 0.138 e. The van der Waals surface area contributed by atoms with Crippen molar-refractivity contribution in [1.29, 1.82) is 0 Å². The van der Waals surface area contributed by atoms with Crippen molar-refractivity contribution >= 4 is 17.4 Å². The number of nitrogens with zero attached hydrogens (tertiary/aromatic N) is 1. The molecule has 1 heterocycles. The van der Waals surface area contributed by atoms with E-state index in [1.165, 1.54) is 0 Å². The van der Waals surface area contributed by atoms with Crippen molar-refractivity contribution in [2.45, 2.75) is 38.6 Å². The van der Waals surface area contributed by atoms with Crippen molar-refractivity contribution < 1.29 is 4.79 Å². The van der Waals surface area contributed by atoms with Crippen molar-refractivity contribution in [3.05, 3.63) is 29.0 Å². The van der Waals surface area contributed by atoms with Gasteiger partial charge in [-0.05, 0) is 18.1 Å². The van der Waals surface area contributed by atoms with E-state index < -0.39 is 0 Å². The molecule has 0 aromatic carbocycles. The van der Waals surface area contributed by atoms with Gasteiger partial charge >= 0.3 is 0 Å². The second-order valence-corrected chi connectivity index (χ2v) is 4.34. The molecule has 0 saturated carbocycles. The molecular weight excluding hydrogens is 224 g/mol. The molecule has 1 unspecified atom stereocenters. The number of rotatable bonds is 6. The summed E-state index contributed by atoms with van der Waals surface area (Å²) >= 11 is 5.92. The Morgan fingerprint density at radius 3 is 3.00 bits per heavy atom. The van der Waals surface area contributed by atoms with E-state index in [1.807, 2.05) is 0 Å². The lowest BCUT2D eigenvalue weighted by atomic mass is 10.0. The number of aromatic nitrogens is 1. The minimum Gasteiger partial charge on any atom is -0.327 e. The van der Waals surface area contributed by atoms with Crippen molar-refractivity contribution in [1.82, 2.24) is 4.98 Å². The van der Waals surface area contributed by atoms with Gasteiger partial charge in [-0.2, -0.15) is 0 Å². The SMILES string of the molecule is CCCC(N)CC(=O)Cc1ccncc1Cl. The highest BCUT2D eigenvalue weighted by atomic mass is 35.5. The number of ketones is 1. The van der Waals surface area contributed by atoms with Crippen LogP contribution in [0.5, 0.6) is 0 Å². The molecule has 0 saturated heterocycles. The molecule has 0 aliphatic rings. The fourth-order valence-corrected chi connectivity index (χ4v) is 1.78. The molecule has 0 bridgehead atoms. The highest BCUT2D eigenvalue weighted by Crippen LogP contribution is 2.15. The number of hydrogen-bond acceptors (Lipinski definition) is 3. The molecule has 88 valence electrons. The summed E-state index contributed by atoms with van der Waals surface area (Å²) in [5, 5.41) is 0.542. The Morgan fingerprint density at radius 1 is 1.62 bits per heavy atom. The summed E-state index contributed by atoms with van der Waals surface area (Å²) in [6.45, 7) is 2.06. The first-order chi connectivity index (χ1) is 7.63. The fourth-order valence-electron chi connectivity index (χ4n) is 1.60. The van der Waals surface area contributed by atoms with E-state index >= 15 is 0 Å². The van der Waals surface area contributed by atoms with Crippen molar-refractivity contribution in [2.75, 3.05) is 0 Å². The van der Waals surface area contributed by atoms with E-state index in [4.69, 9.17) is 17.3 Å². The number of Topliss-reactive ketones (excluding diaryl/α,β-unsaturated/α-hetero) is 1. The van der Waals surface area contributed by atoms with Crippen molar-refractivity contribution in [3.63, 3.8) is 0 Å². The smallest absolute Gasteiger partial charge is 0.138 e. The summed E-state index contributed by atoms with van der Waals surface area (Å²) in [6.07, 6.45) is 5.85. The first-order valence-corrected chi connectivity index (χ1v) is 5.87. The summed E-state index contributed by atoms with van der Waals surface area (Å²) in [6, 6.07) is 1.74. The zero-order valence-corrected chi connectivity index (χ0v) is 10.2. The molecule has 0 spiro atoms. The van der Waals surface area contributed by atoms with Gasteiger partial charge in [0.05, 0.1) is 5.02 Å². The summed E-state index contributed by atoms with van der Waals surface area (Å²) in [5.74, 6) is 0.133. The predicted octanol–water partition coefficient (Wildman–Crippen LogP) is 2.36. The number of pyridine rings is 1. The molecule has 4 heteroatoms. The van der Waals surface area contributed by atoms with E-state index in [-0.39, 0.29) is 11.8 Å².